The number of methoxy groups -OCH3 is 1. The Labute approximate surface area is 124 Å². The lowest BCUT2D eigenvalue weighted by Gasteiger charge is -2.38. The van der Waals surface area contributed by atoms with Crippen molar-refractivity contribution in [2.24, 2.45) is 5.92 Å². The van der Waals surface area contributed by atoms with Crippen LogP contribution in [0.5, 0.6) is 0 Å². The Bertz CT molecular complexity index is 616. The molecule has 0 aliphatic carbocycles. The predicted octanol–water partition coefficient (Wildman–Crippen LogP) is 3.75. The van der Waals surface area contributed by atoms with Gasteiger partial charge in [0, 0.05) is 42.5 Å². The number of halogens is 1. The lowest BCUT2D eigenvalue weighted by Crippen LogP contribution is -2.44. The van der Waals surface area contributed by atoms with E-state index in [1.165, 1.54) is 5.69 Å². The molecule has 0 bridgehead atoms. The molecule has 1 aromatic carbocycles. The SMILES string of the molecule is COC1CN(c2ccnc3cc(Cl)ccc23)CCC1C. The highest BCUT2D eigenvalue weighted by Gasteiger charge is 2.26. The lowest BCUT2D eigenvalue weighted by molar-refractivity contribution is 0.0499. The van der Waals surface area contributed by atoms with Gasteiger partial charge in [-0.15, -0.1) is 0 Å². The molecule has 1 aliphatic rings. The van der Waals surface area contributed by atoms with Crippen molar-refractivity contribution < 1.29 is 4.74 Å². The van der Waals surface area contributed by atoms with Gasteiger partial charge in [-0.1, -0.05) is 18.5 Å². The molecule has 4 heteroatoms. The highest BCUT2D eigenvalue weighted by Crippen LogP contribution is 2.31. The van der Waals surface area contributed by atoms with Crippen LogP contribution in [0.3, 0.4) is 0 Å². The van der Waals surface area contributed by atoms with E-state index < -0.39 is 0 Å². The Morgan fingerprint density at radius 1 is 1.35 bits per heavy atom. The van der Waals surface area contributed by atoms with Gasteiger partial charge < -0.3 is 9.64 Å². The number of hydrogen-bond acceptors (Lipinski definition) is 3. The molecular weight excluding hydrogens is 272 g/mol. The maximum Gasteiger partial charge on any atom is 0.0772 e. The summed E-state index contributed by atoms with van der Waals surface area (Å²) >= 11 is 6.05. The van der Waals surface area contributed by atoms with Gasteiger partial charge in [0.25, 0.3) is 0 Å². The van der Waals surface area contributed by atoms with Crippen LogP contribution in [0.1, 0.15) is 13.3 Å². The highest BCUT2D eigenvalue weighted by atomic mass is 35.5. The topological polar surface area (TPSA) is 25.4 Å². The average Bonchev–Trinajstić information content (AvgIpc) is 2.47. The molecule has 2 unspecified atom stereocenters. The second-order valence-electron chi connectivity index (χ2n) is 5.48. The molecule has 3 rings (SSSR count). The van der Waals surface area contributed by atoms with Gasteiger partial charge in [-0.3, -0.25) is 4.98 Å². The summed E-state index contributed by atoms with van der Waals surface area (Å²) in [5.74, 6) is 0.610. The normalized spacial score (nSPS) is 23.2. The second kappa shape index (κ2) is 5.58. The van der Waals surface area contributed by atoms with Crippen molar-refractivity contribution in [3.63, 3.8) is 0 Å². The van der Waals surface area contributed by atoms with Gasteiger partial charge >= 0.3 is 0 Å². The molecule has 1 fully saturated rings. The van der Waals surface area contributed by atoms with Crippen molar-refractivity contribution in [1.29, 1.82) is 0 Å². The van der Waals surface area contributed by atoms with Gasteiger partial charge in [-0.05, 0) is 36.6 Å². The first-order chi connectivity index (χ1) is 9.69. The molecule has 0 radical (unpaired) electrons. The van der Waals surface area contributed by atoms with E-state index in [1.807, 2.05) is 18.3 Å². The largest absolute Gasteiger partial charge is 0.379 e. The van der Waals surface area contributed by atoms with Crippen molar-refractivity contribution in [2.75, 3.05) is 25.1 Å². The van der Waals surface area contributed by atoms with Crippen LogP contribution in [0, 0.1) is 5.92 Å². The van der Waals surface area contributed by atoms with E-state index >= 15 is 0 Å². The van der Waals surface area contributed by atoms with E-state index in [2.05, 4.69) is 28.9 Å². The summed E-state index contributed by atoms with van der Waals surface area (Å²) in [6.07, 6.45) is 3.29. The number of fused-ring (bicyclic) bond motifs is 1. The van der Waals surface area contributed by atoms with E-state index in [1.54, 1.807) is 7.11 Å². The fourth-order valence-corrected chi connectivity index (χ4v) is 3.11. The Morgan fingerprint density at radius 2 is 2.20 bits per heavy atom. The molecule has 0 saturated carbocycles. The monoisotopic (exact) mass is 290 g/mol. The molecule has 1 aliphatic heterocycles. The van der Waals surface area contributed by atoms with Crippen molar-refractivity contribution in [3.05, 3.63) is 35.5 Å². The van der Waals surface area contributed by atoms with Crippen LogP contribution < -0.4 is 4.90 Å². The summed E-state index contributed by atoms with van der Waals surface area (Å²) < 4.78 is 5.61. The van der Waals surface area contributed by atoms with Crippen LogP contribution in [0.2, 0.25) is 5.02 Å². The number of aromatic nitrogens is 1. The third-order valence-electron chi connectivity index (χ3n) is 4.21. The molecular formula is C16H19ClN2O. The molecule has 1 aromatic heterocycles. The van der Waals surface area contributed by atoms with Gasteiger partial charge in [-0.2, -0.15) is 0 Å². The smallest absolute Gasteiger partial charge is 0.0772 e. The summed E-state index contributed by atoms with van der Waals surface area (Å²) in [4.78, 5) is 6.80. The number of ether oxygens (including phenoxy) is 1. The third kappa shape index (κ3) is 2.48. The summed E-state index contributed by atoms with van der Waals surface area (Å²) in [6, 6.07) is 7.98. The van der Waals surface area contributed by atoms with E-state index in [4.69, 9.17) is 16.3 Å². The lowest BCUT2D eigenvalue weighted by atomic mass is 9.95. The van der Waals surface area contributed by atoms with E-state index in [-0.39, 0.29) is 0 Å². The van der Waals surface area contributed by atoms with E-state index in [9.17, 15) is 0 Å². The van der Waals surface area contributed by atoms with Crippen molar-refractivity contribution in [3.8, 4) is 0 Å². The standard InChI is InChI=1S/C16H19ClN2O/c1-11-6-8-19(10-16(11)20-2)15-5-7-18-14-9-12(17)3-4-13(14)15/h3-5,7,9,11,16H,6,8,10H2,1-2H3. The molecule has 106 valence electrons. The van der Waals surface area contributed by atoms with Crippen molar-refractivity contribution >= 4 is 28.2 Å². The molecule has 2 heterocycles. The number of piperidine rings is 1. The van der Waals surface area contributed by atoms with E-state index in [0.29, 0.717) is 12.0 Å². The van der Waals surface area contributed by atoms with Crippen LogP contribution in [-0.4, -0.2) is 31.3 Å². The van der Waals surface area contributed by atoms with Gasteiger partial charge in [0.2, 0.25) is 0 Å². The number of benzene rings is 1. The maximum absolute atomic E-state index is 6.05. The van der Waals surface area contributed by atoms with Crippen molar-refractivity contribution in [1.82, 2.24) is 4.98 Å². The van der Waals surface area contributed by atoms with Crippen LogP contribution in [0.4, 0.5) is 5.69 Å². The summed E-state index contributed by atoms with van der Waals surface area (Å²) in [5, 5.41) is 1.88. The zero-order chi connectivity index (χ0) is 14.1. The molecule has 20 heavy (non-hydrogen) atoms. The molecule has 1 saturated heterocycles. The third-order valence-corrected chi connectivity index (χ3v) is 4.45. The molecule has 0 amide bonds. The fraction of sp³-hybridized carbons (Fsp3) is 0.438. The second-order valence-corrected chi connectivity index (χ2v) is 5.91. The van der Waals surface area contributed by atoms with E-state index in [0.717, 1.165) is 35.4 Å². The number of hydrogen-bond donors (Lipinski definition) is 0. The van der Waals surface area contributed by atoms with Gasteiger partial charge in [-0.25, -0.2) is 0 Å². The van der Waals surface area contributed by atoms with Crippen LogP contribution in [0.25, 0.3) is 10.9 Å². The average molecular weight is 291 g/mol. The minimum absolute atomic E-state index is 0.291. The zero-order valence-electron chi connectivity index (χ0n) is 11.8. The number of pyridine rings is 1. The van der Waals surface area contributed by atoms with Crippen molar-refractivity contribution in [2.45, 2.75) is 19.4 Å². The number of nitrogens with zero attached hydrogens (tertiary/aromatic N) is 2. The van der Waals surface area contributed by atoms with Crippen LogP contribution in [-0.2, 0) is 4.74 Å². The van der Waals surface area contributed by atoms with Crippen LogP contribution >= 0.6 is 11.6 Å². The highest BCUT2D eigenvalue weighted by molar-refractivity contribution is 6.31. The number of anilines is 1. The molecule has 0 spiro atoms. The van der Waals surface area contributed by atoms with Crippen LogP contribution in [0.15, 0.2) is 30.5 Å². The maximum atomic E-state index is 6.05. The van der Waals surface area contributed by atoms with Gasteiger partial charge in [0.05, 0.1) is 11.6 Å². The quantitative estimate of drug-likeness (QED) is 0.842. The zero-order valence-corrected chi connectivity index (χ0v) is 12.6. The summed E-state index contributed by atoms with van der Waals surface area (Å²) in [7, 11) is 1.80. The summed E-state index contributed by atoms with van der Waals surface area (Å²) in [6.45, 7) is 4.25. The Balaban J connectivity index is 1.98. The Kier molecular flexibility index (Phi) is 3.81. The Hall–Kier alpha value is -1.32. The molecule has 3 nitrogen and oxygen atoms in total. The molecule has 0 N–H and O–H groups in total. The van der Waals surface area contributed by atoms with Gasteiger partial charge in [0.15, 0.2) is 0 Å². The molecule has 2 aromatic rings. The minimum Gasteiger partial charge on any atom is -0.379 e. The Morgan fingerprint density at radius 3 is 3.00 bits per heavy atom. The minimum atomic E-state index is 0.291. The first kappa shape index (κ1) is 13.7. The number of rotatable bonds is 2. The fourth-order valence-electron chi connectivity index (χ4n) is 2.94. The first-order valence-corrected chi connectivity index (χ1v) is 7.39. The van der Waals surface area contributed by atoms with Gasteiger partial charge in [0.1, 0.15) is 0 Å². The summed E-state index contributed by atoms with van der Waals surface area (Å²) in [5.41, 5.74) is 2.17. The predicted molar refractivity (Wildman–Crippen MR) is 83.5 cm³/mol. The first-order valence-electron chi connectivity index (χ1n) is 7.01. The molecule has 2 atom stereocenters.